The van der Waals surface area contributed by atoms with Crippen LogP contribution in [0.1, 0.15) is 0 Å². The van der Waals surface area contributed by atoms with E-state index in [4.69, 9.17) is 23.7 Å². The van der Waals surface area contributed by atoms with Gasteiger partial charge in [0.15, 0.2) is 6.29 Å². The van der Waals surface area contributed by atoms with Crippen LogP contribution >= 0.6 is 0 Å². The van der Waals surface area contributed by atoms with Crippen LogP contribution in [0.5, 0.6) is 0 Å². The van der Waals surface area contributed by atoms with Crippen LogP contribution in [0.15, 0.2) is 0 Å². The van der Waals surface area contributed by atoms with E-state index in [9.17, 15) is 5.11 Å². The quantitative estimate of drug-likeness (QED) is 0.664. The first kappa shape index (κ1) is 13.8. The van der Waals surface area contributed by atoms with Crippen molar-refractivity contribution in [2.45, 2.75) is 30.7 Å². The molecule has 6 nitrogen and oxygen atoms in total. The average Bonchev–Trinajstić information content (AvgIpc) is 2.62. The lowest BCUT2D eigenvalue weighted by molar-refractivity contribution is -0.172. The van der Waals surface area contributed by atoms with Gasteiger partial charge in [0.25, 0.3) is 0 Å². The van der Waals surface area contributed by atoms with Gasteiger partial charge in [-0.2, -0.15) is 0 Å². The minimum atomic E-state index is -0.825. The minimum Gasteiger partial charge on any atom is -0.385 e. The molecule has 0 spiro atoms. The summed E-state index contributed by atoms with van der Waals surface area (Å²) in [6.07, 6.45) is -2.70. The molecule has 0 bridgehead atoms. The molecule has 0 unspecified atom stereocenters. The molecule has 96 valence electrons. The predicted molar refractivity (Wildman–Crippen MR) is 55.1 cm³/mol. The highest BCUT2D eigenvalue weighted by atomic mass is 16.7. The van der Waals surface area contributed by atoms with E-state index in [0.717, 1.165) is 0 Å². The van der Waals surface area contributed by atoms with Crippen LogP contribution in [0.2, 0.25) is 0 Å². The number of rotatable bonds is 6. The van der Waals surface area contributed by atoms with Crippen molar-refractivity contribution < 1.29 is 28.8 Å². The largest absolute Gasteiger partial charge is 0.385 e. The van der Waals surface area contributed by atoms with Crippen LogP contribution in [-0.2, 0) is 23.7 Å². The van der Waals surface area contributed by atoms with Gasteiger partial charge in [0, 0.05) is 28.4 Å². The second kappa shape index (κ2) is 6.48. The summed E-state index contributed by atoms with van der Waals surface area (Å²) in [4.78, 5) is 0. The van der Waals surface area contributed by atoms with Gasteiger partial charge in [0.2, 0.25) is 0 Å². The molecule has 6 heteroatoms. The van der Waals surface area contributed by atoms with Crippen LogP contribution in [0.3, 0.4) is 0 Å². The molecule has 1 rings (SSSR count). The zero-order chi connectivity index (χ0) is 12.1. The number of ether oxygens (including phenoxy) is 5. The highest BCUT2D eigenvalue weighted by Crippen LogP contribution is 2.27. The molecule has 1 aliphatic heterocycles. The molecule has 1 fully saturated rings. The molecule has 1 N–H and O–H groups in total. The lowest BCUT2D eigenvalue weighted by atomic mass is 10.1. The van der Waals surface area contributed by atoms with Gasteiger partial charge in [-0.15, -0.1) is 0 Å². The fourth-order valence-corrected chi connectivity index (χ4v) is 1.89. The van der Waals surface area contributed by atoms with Gasteiger partial charge in [-0.05, 0) is 0 Å². The zero-order valence-corrected chi connectivity index (χ0v) is 10.1. The summed E-state index contributed by atoms with van der Waals surface area (Å²) in [6.45, 7) is 0.365. The number of hydrogen-bond donors (Lipinski definition) is 1. The van der Waals surface area contributed by atoms with E-state index < -0.39 is 24.6 Å². The number of methoxy groups -OCH3 is 4. The van der Waals surface area contributed by atoms with Crippen LogP contribution in [-0.4, -0.2) is 70.9 Å². The minimum absolute atomic E-state index is 0.301. The van der Waals surface area contributed by atoms with Gasteiger partial charge in [-0.1, -0.05) is 0 Å². The number of aliphatic hydroxyl groups is 1. The third-order valence-corrected chi connectivity index (χ3v) is 2.74. The monoisotopic (exact) mass is 236 g/mol. The van der Waals surface area contributed by atoms with Crippen LogP contribution < -0.4 is 0 Å². The van der Waals surface area contributed by atoms with Crippen molar-refractivity contribution in [3.63, 3.8) is 0 Å². The second-order valence-corrected chi connectivity index (χ2v) is 3.63. The number of aliphatic hydroxyl groups excluding tert-OH is 1. The number of hydrogen-bond acceptors (Lipinski definition) is 6. The first-order valence-electron chi connectivity index (χ1n) is 5.10. The van der Waals surface area contributed by atoms with Crippen LogP contribution in [0.4, 0.5) is 0 Å². The third kappa shape index (κ3) is 2.71. The van der Waals surface area contributed by atoms with Crippen molar-refractivity contribution in [2.24, 2.45) is 0 Å². The van der Waals surface area contributed by atoms with Crippen LogP contribution in [0.25, 0.3) is 0 Å². The molecule has 0 aromatic rings. The molecule has 1 saturated heterocycles. The van der Waals surface area contributed by atoms with E-state index in [1.54, 1.807) is 14.2 Å². The zero-order valence-electron chi connectivity index (χ0n) is 10.1. The van der Waals surface area contributed by atoms with Gasteiger partial charge in [0.1, 0.15) is 24.4 Å². The van der Waals surface area contributed by atoms with Crippen molar-refractivity contribution in [3.8, 4) is 0 Å². The molecule has 0 aliphatic carbocycles. The maximum absolute atomic E-state index is 9.86. The molecule has 0 amide bonds. The molecule has 0 aromatic heterocycles. The molecule has 0 aromatic carbocycles. The maximum Gasteiger partial charge on any atom is 0.186 e. The van der Waals surface area contributed by atoms with Crippen molar-refractivity contribution >= 4 is 0 Å². The van der Waals surface area contributed by atoms with Crippen molar-refractivity contribution in [2.75, 3.05) is 35.0 Å². The first-order valence-corrected chi connectivity index (χ1v) is 5.10. The molecular weight excluding hydrogens is 216 g/mol. The molecule has 0 radical (unpaired) electrons. The Morgan fingerprint density at radius 3 is 2.31 bits per heavy atom. The molecule has 1 aliphatic rings. The Kier molecular flexibility index (Phi) is 5.60. The fourth-order valence-electron chi connectivity index (χ4n) is 1.89. The second-order valence-electron chi connectivity index (χ2n) is 3.63. The average molecular weight is 236 g/mol. The normalized spacial score (nSPS) is 36.6. The van der Waals surface area contributed by atoms with E-state index in [-0.39, 0.29) is 6.10 Å². The van der Waals surface area contributed by atoms with E-state index in [0.29, 0.717) is 6.61 Å². The van der Waals surface area contributed by atoms with Gasteiger partial charge >= 0.3 is 0 Å². The predicted octanol–water partition coefficient (Wildman–Crippen LogP) is -0.605. The Hall–Kier alpha value is -0.240. The Balaban J connectivity index is 2.70. The maximum atomic E-state index is 9.86. The van der Waals surface area contributed by atoms with Crippen molar-refractivity contribution in [3.05, 3.63) is 0 Å². The molecular formula is C10H20O6. The van der Waals surface area contributed by atoms with Gasteiger partial charge in [-0.3, -0.25) is 0 Å². The Morgan fingerprint density at radius 1 is 1.19 bits per heavy atom. The SMILES string of the molecule is COC[C@@H](OC)[C@H]1O[C@@H](OC)[C@H](O)[C@H]1OC. The Bertz CT molecular complexity index is 200. The van der Waals surface area contributed by atoms with E-state index in [1.807, 2.05) is 0 Å². The highest BCUT2D eigenvalue weighted by Gasteiger charge is 2.47. The smallest absolute Gasteiger partial charge is 0.186 e. The first-order chi connectivity index (χ1) is 7.69. The molecule has 0 saturated carbocycles. The van der Waals surface area contributed by atoms with Gasteiger partial charge in [0.05, 0.1) is 6.61 Å². The van der Waals surface area contributed by atoms with Crippen molar-refractivity contribution in [1.82, 2.24) is 0 Å². The molecule has 1 heterocycles. The summed E-state index contributed by atoms with van der Waals surface area (Å²) in [7, 11) is 6.13. The van der Waals surface area contributed by atoms with E-state index >= 15 is 0 Å². The van der Waals surface area contributed by atoms with E-state index in [1.165, 1.54) is 14.2 Å². The summed E-state index contributed by atoms with van der Waals surface area (Å²) < 4.78 is 26.0. The van der Waals surface area contributed by atoms with E-state index in [2.05, 4.69) is 0 Å². The molecule has 16 heavy (non-hydrogen) atoms. The van der Waals surface area contributed by atoms with Crippen LogP contribution in [0, 0.1) is 0 Å². The topological polar surface area (TPSA) is 66.4 Å². The highest BCUT2D eigenvalue weighted by molar-refractivity contribution is 4.92. The van der Waals surface area contributed by atoms with Crippen molar-refractivity contribution in [1.29, 1.82) is 0 Å². The summed E-state index contributed by atoms with van der Waals surface area (Å²) in [5.41, 5.74) is 0. The third-order valence-electron chi connectivity index (χ3n) is 2.74. The lowest BCUT2D eigenvalue weighted by Gasteiger charge is -2.25. The fraction of sp³-hybridized carbons (Fsp3) is 1.00. The standard InChI is InChI=1S/C10H20O6/c1-12-5-6(13-2)8-9(14-3)7(11)10(15-4)16-8/h6-11H,5H2,1-4H3/t6-,7-,8-,9-,10-/m1/s1. The van der Waals surface area contributed by atoms with Gasteiger partial charge < -0.3 is 28.8 Å². The van der Waals surface area contributed by atoms with Gasteiger partial charge in [-0.25, -0.2) is 0 Å². The Morgan fingerprint density at radius 2 is 1.88 bits per heavy atom. The lowest BCUT2D eigenvalue weighted by Crippen LogP contribution is -2.43. The summed E-state index contributed by atoms with van der Waals surface area (Å²) >= 11 is 0. The summed E-state index contributed by atoms with van der Waals surface area (Å²) in [5, 5.41) is 9.86. The molecule has 5 atom stereocenters. The Labute approximate surface area is 95.4 Å². The summed E-state index contributed by atoms with van der Waals surface area (Å²) in [6, 6.07) is 0. The summed E-state index contributed by atoms with van der Waals surface area (Å²) in [5.74, 6) is 0.